The van der Waals surface area contributed by atoms with Gasteiger partial charge in [-0.3, -0.25) is 14.9 Å². The minimum absolute atomic E-state index is 0.153. The van der Waals surface area contributed by atoms with Gasteiger partial charge in [-0.05, 0) is 29.8 Å². The van der Waals surface area contributed by atoms with Crippen molar-refractivity contribution in [2.75, 3.05) is 0 Å². The van der Waals surface area contributed by atoms with Gasteiger partial charge < -0.3 is 9.72 Å². The van der Waals surface area contributed by atoms with Crippen molar-refractivity contribution in [3.63, 3.8) is 0 Å². The summed E-state index contributed by atoms with van der Waals surface area (Å²) in [4.78, 5) is 30.4. The van der Waals surface area contributed by atoms with Crippen LogP contribution in [0.2, 0.25) is 0 Å². The maximum atomic E-state index is 12.3. The van der Waals surface area contributed by atoms with E-state index in [1.165, 1.54) is 12.1 Å². The van der Waals surface area contributed by atoms with Crippen LogP contribution in [-0.2, 0) is 6.61 Å². The van der Waals surface area contributed by atoms with E-state index in [2.05, 4.69) is 9.97 Å². The molecule has 1 aromatic heterocycles. The molecule has 0 saturated carbocycles. The van der Waals surface area contributed by atoms with Crippen molar-refractivity contribution in [3.8, 4) is 17.1 Å². The quantitative estimate of drug-likeness (QED) is 0.420. The van der Waals surface area contributed by atoms with Crippen molar-refractivity contribution < 1.29 is 9.66 Å². The maximum absolute atomic E-state index is 12.3. The monoisotopic (exact) mass is 373 g/mol. The maximum Gasteiger partial charge on any atom is 0.311 e. The molecule has 0 fully saturated rings. The van der Waals surface area contributed by atoms with Gasteiger partial charge in [-0.2, -0.15) is 0 Å². The molecule has 138 valence electrons. The van der Waals surface area contributed by atoms with Crippen molar-refractivity contribution in [2.24, 2.45) is 0 Å². The molecular weight excluding hydrogens is 358 g/mol. The molecule has 0 aliphatic heterocycles. The number of nitro benzene ring substituents is 1. The molecule has 0 unspecified atom stereocenters. The third kappa shape index (κ3) is 3.45. The standard InChI is InChI=1S/C21H15N3O4/c25-21-16-8-4-5-9-17(16)22-20(23-21)15-10-11-19(18(12-15)24(26)27)28-13-14-6-2-1-3-7-14/h1-12H,13H2,(H,22,23,25). The molecule has 7 nitrogen and oxygen atoms in total. The molecule has 4 rings (SSSR count). The minimum Gasteiger partial charge on any atom is -0.482 e. The smallest absolute Gasteiger partial charge is 0.311 e. The van der Waals surface area contributed by atoms with Crippen LogP contribution in [0.15, 0.2) is 77.6 Å². The minimum atomic E-state index is -0.511. The molecule has 7 heteroatoms. The second-order valence-electron chi connectivity index (χ2n) is 6.15. The molecule has 0 atom stereocenters. The van der Waals surface area contributed by atoms with Gasteiger partial charge in [0.15, 0.2) is 5.75 Å². The lowest BCUT2D eigenvalue weighted by Crippen LogP contribution is -2.09. The van der Waals surface area contributed by atoms with Crippen molar-refractivity contribution in [3.05, 3.63) is 98.8 Å². The Balaban J connectivity index is 1.70. The lowest BCUT2D eigenvalue weighted by atomic mass is 10.1. The number of nitrogens with zero attached hydrogens (tertiary/aromatic N) is 2. The Morgan fingerprint density at radius 3 is 2.54 bits per heavy atom. The van der Waals surface area contributed by atoms with Gasteiger partial charge in [0.1, 0.15) is 12.4 Å². The summed E-state index contributed by atoms with van der Waals surface area (Å²) in [6, 6.07) is 20.8. The van der Waals surface area contributed by atoms with E-state index in [-0.39, 0.29) is 29.4 Å². The van der Waals surface area contributed by atoms with E-state index in [1.54, 1.807) is 30.3 Å². The highest BCUT2D eigenvalue weighted by atomic mass is 16.6. The number of rotatable bonds is 5. The number of hydrogen-bond acceptors (Lipinski definition) is 5. The third-order valence-corrected chi connectivity index (χ3v) is 4.28. The van der Waals surface area contributed by atoms with Crippen LogP contribution < -0.4 is 10.3 Å². The van der Waals surface area contributed by atoms with Crippen LogP contribution >= 0.6 is 0 Å². The summed E-state index contributed by atoms with van der Waals surface area (Å²) in [5, 5.41) is 12.0. The van der Waals surface area contributed by atoms with Gasteiger partial charge in [0, 0.05) is 11.6 Å². The summed E-state index contributed by atoms with van der Waals surface area (Å²) in [7, 11) is 0. The number of fused-ring (bicyclic) bond motifs is 1. The first kappa shape index (κ1) is 17.4. The SMILES string of the molecule is O=c1[nH]c(-c2ccc(OCc3ccccc3)c([N+](=O)[O-])c2)nc2ccccc12. The average molecular weight is 373 g/mol. The second-order valence-corrected chi connectivity index (χ2v) is 6.15. The van der Waals surface area contributed by atoms with Gasteiger partial charge in [0.2, 0.25) is 0 Å². The number of benzene rings is 3. The third-order valence-electron chi connectivity index (χ3n) is 4.28. The second kappa shape index (κ2) is 7.32. The number of ether oxygens (including phenoxy) is 1. The highest BCUT2D eigenvalue weighted by Gasteiger charge is 2.18. The molecule has 0 amide bonds. The molecule has 4 aromatic rings. The van der Waals surface area contributed by atoms with Crippen molar-refractivity contribution in [1.82, 2.24) is 9.97 Å². The fourth-order valence-electron chi connectivity index (χ4n) is 2.89. The fourth-order valence-corrected chi connectivity index (χ4v) is 2.89. The van der Waals surface area contributed by atoms with Crippen LogP contribution in [0.4, 0.5) is 5.69 Å². The summed E-state index contributed by atoms with van der Waals surface area (Å²) in [5.74, 6) is 0.419. The van der Waals surface area contributed by atoms with Crippen molar-refractivity contribution >= 4 is 16.6 Å². The molecule has 0 aliphatic carbocycles. The zero-order valence-electron chi connectivity index (χ0n) is 14.7. The van der Waals surface area contributed by atoms with E-state index in [0.29, 0.717) is 16.5 Å². The molecule has 1 N–H and O–H groups in total. The zero-order valence-corrected chi connectivity index (χ0v) is 14.7. The Bertz CT molecular complexity index is 1220. The molecular formula is C21H15N3O4. The average Bonchev–Trinajstić information content (AvgIpc) is 2.73. The van der Waals surface area contributed by atoms with Gasteiger partial charge in [0.05, 0.1) is 15.8 Å². The van der Waals surface area contributed by atoms with Crippen LogP contribution in [0, 0.1) is 10.1 Å². The fraction of sp³-hybridized carbons (Fsp3) is 0.0476. The lowest BCUT2D eigenvalue weighted by molar-refractivity contribution is -0.385. The number of para-hydroxylation sites is 1. The van der Waals surface area contributed by atoms with Crippen LogP contribution in [0.3, 0.4) is 0 Å². The predicted octanol–water partition coefficient (Wildman–Crippen LogP) is 4.08. The molecule has 0 spiro atoms. The highest BCUT2D eigenvalue weighted by Crippen LogP contribution is 2.32. The Morgan fingerprint density at radius 2 is 1.75 bits per heavy atom. The molecule has 0 aliphatic rings. The largest absolute Gasteiger partial charge is 0.482 e. The first-order valence-electron chi connectivity index (χ1n) is 8.56. The van der Waals surface area contributed by atoms with E-state index < -0.39 is 4.92 Å². The van der Waals surface area contributed by atoms with Gasteiger partial charge in [-0.25, -0.2) is 4.98 Å². The number of hydrogen-bond donors (Lipinski definition) is 1. The van der Waals surface area contributed by atoms with E-state index in [9.17, 15) is 14.9 Å². The molecule has 0 saturated heterocycles. The summed E-state index contributed by atoms with van der Waals surface area (Å²) in [6.07, 6.45) is 0. The van der Waals surface area contributed by atoms with Gasteiger partial charge in [-0.1, -0.05) is 42.5 Å². The molecule has 1 heterocycles. The number of nitro groups is 1. The van der Waals surface area contributed by atoms with Crippen molar-refractivity contribution in [2.45, 2.75) is 6.61 Å². The van der Waals surface area contributed by atoms with Crippen LogP contribution in [0.1, 0.15) is 5.56 Å². The first-order chi connectivity index (χ1) is 13.6. The zero-order chi connectivity index (χ0) is 19.5. The lowest BCUT2D eigenvalue weighted by Gasteiger charge is -2.09. The summed E-state index contributed by atoms with van der Waals surface area (Å²) < 4.78 is 5.64. The van der Waals surface area contributed by atoms with Crippen molar-refractivity contribution in [1.29, 1.82) is 0 Å². The molecule has 0 radical (unpaired) electrons. The Labute approximate surface area is 159 Å². The van der Waals surface area contributed by atoms with Crippen LogP contribution in [-0.4, -0.2) is 14.9 Å². The van der Waals surface area contributed by atoms with E-state index in [1.807, 2.05) is 30.3 Å². The van der Waals surface area contributed by atoms with Gasteiger partial charge in [0.25, 0.3) is 5.56 Å². The van der Waals surface area contributed by atoms with E-state index in [4.69, 9.17) is 4.74 Å². The summed E-state index contributed by atoms with van der Waals surface area (Å²) in [6.45, 7) is 0.214. The topological polar surface area (TPSA) is 98.1 Å². The molecule has 0 bridgehead atoms. The van der Waals surface area contributed by atoms with Crippen LogP contribution in [0.5, 0.6) is 5.75 Å². The van der Waals surface area contributed by atoms with Gasteiger partial charge >= 0.3 is 5.69 Å². The predicted molar refractivity (Wildman–Crippen MR) is 105 cm³/mol. The summed E-state index contributed by atoms with van der Waals surface area (Å²) >= 11 is 0. The first-order valence-corrected chi connectivity index (χ1v) is 8.56. The Morgan fingerprint density at radius 1 is 1.00 bits per heavy atom. The van der Waals surface area contributed by atoms with E-state index >= 15 is 0 Å². The Kier molecular flexibility index (Phi) is 4.55. The number of aromatic amines is 1. The Hall–Kier alpha value is -4.00. The number of aromatic nitrogens is 2. The normalized spacial score (nSPS) is 10.7. The molecule has 3 aromatic carbocycles. The number of H-pyrrole nitrogens is 1. The van der Waals surface area contributed by atoms with E-state index in [0.717, 1.165) is 5.56 Å². The molecule has 28 heavy (non-hydrogen) atoms. The summed E-state index contributed by atoms with van der Waals surface area (Å²) in [5.41, 5.74) is 1.37. The number of nitrogens with one attached hydrogen (secondary N) is 1. The highest BCUT2D eigenvalue weighted by molar-refractivity contribution is 5.79. The van der Waals surface area contributed by atoms with Gasteiger partial charge in [-0.15, -0.1) is 0 Å². The van der Waals surface area contributed by atoms with Crippen LogP contribution in [0.25, 0.3) is 22.3 Å².